The fourth-order valence-corrected chi connectivity index (χ4v) is 3.93. The van der Waals surface area contributed by atoms with Crippen LogP contribution in [0.5, 0.6) is 0 Å². The van der Waals surface area contributed by atoms with Gasteiger partial charge in [-0.15, -0.1) is 0 Å². The van der Waals surface area contributed by atoms with E-state index in [-0.39, 0.29) is 10.7 Å². The first-order valence-electron chi connectivity index (χ1n) is 6.43. The van der Waals surface area contributed by atoms with Crippen LogP contribution in [0.1, 0.15) is 32.6 Å². The van der Waals surface area contributed by atoms with Crippen LogP contribution in [0.4, 0.5) is 0 Å². The molecule has 0 aromatic heterocycles. The molecule has 2 atom stereocenters. The number of halogens is 1. The number of rotatable bonds is 1. The van der Waals surface area contributed by atoms with Gasteiger partial charge in [0.05, 0.1) is 23.1 Å². The Morgan fingerprint density at radius 2 is 1.80 bits per heavy atom. The lowest BCUT2D eigenvalue weighted by atomic mass is 9.51. The van der Waals surface area contributed by atoms with E-state index in [4.69, 9.17) is 16.3 Å². The summed E-state index contributed by atoms with van der Waals surface area (Å²) < 4.78 is 5.67. The predicted molar refractivity (Wildman–Crippen MR) is 71.6 cm³/mol. The molecule has 6 heteroatoms. The van der Waals surface area contributed by atoms with Crippen LogP contribution in [0.25, 0.3) is 0 Å². The molecule has 0 radical (unpaired) electrons. The lowest BCUT2D eigenvalue weighted by Crippen LogP contribution is -2.68. The second kappa shape index (κ2) is 4.67. The molecule has 5 nitrogen and oxygen atoms in total. The Labute approximate surface area is 123 Å². The number of nitrogens with one attached hydrogen (secondary N) is 1. The highest BCUT2D eigenvalue weighted by Gasteiger charge is 2.68. The minimum Gasteiger partial charge on any atom is -0.358 e. The number of hydrogen-bond acceptors (Lipinski definition) is 5. The number of fused-ring (bicyclic) bond motifs is 1. The molecule has 0 spiro atoms. The highest BCUT2D eigenvalue weighted by molar-refractivity contribution is 6.30. The van der Waals surface area contributed by atoms with E-state index in [2.05, 4.69) is 17.5 Å². The molecule has 1 heterocycles. The Kier molecular flexibility index (Phi) is 3.42. The summed E-state index contributed by atoms with van der Waals surface area (Å²) in [6.45, 7) is 1.83. The van der Waals surface area contributed by atoms with Gasteiger partial charge in [-0.3, -0.25) is 0 Å². The monoisotopic (exact) mass is 290 g/mol. The Morgan fingerprint density at radius 3 is 2.30 bits per heavy atom. The lowest BCUT2D eigenvalue weighted by molar-refractivity contribution is -0.177. The molecule has 1 fully saturated rings. The highest BCUT2D eigenvalue weighted by atomic mass is 35.5. The number of methoxy groups -OCH3 is 1. The van der Waals surface area contributed by atoms with E-state index in [9.17, 15) is 15.8 Å². The van der Waals surface area contributed by atoms with Crippen molar-refractivity contribution in [2.75, 3.05) is 7.11 Å². The van der Waals surface area contributed by atoms with Crippen molar-refractivity contribution in [2.24, 2.45) is 10.8 Å². The van der Waals surface area contributed by atoms with Crippen LogP contribution in [-0.2, 0) is 4.74 Å². The second-order valence-electron chi connectivity index (χ2n) is 5.47. The molecule has 0 unspecified atom stereocenters. The van der Waals surface area contributed by atoms with Crippen LogP contribution in [0.15, 0.2) is 10.7 Å². The molecule has 0 saturated heterocycles. The van der Waals surface area contributed by atoms with Gasteiger partial charge in [-0.25, -0.2) is 0 Å². The molecule has 1 aliphatic heterocycles. The summed E-state index contributed by atoms with van der Waals surface area (Å²) in [5, 5.41) is 31.8. The zero-order valence-corrected chi connectivity index (χ0v) is 12.2. The summed E-state index contributed by atoms with van der Waals surface area (Å²) in [6.07, 6.45) is 3.05. The molecule has 2 rings (SSSR count). The summed E-state index contributed by atoms with van der Waals surface area (Å²) in [5.74, 6) is 0. The van der Waals surface area contributed by atoms with E-state index in [1.54, 1.807) is 0 Å². The van der Waals surface area contributed by atoms with Gasteiger partial charge >= 0.3 is 0 Å². The zero-order chi connectivity index (χ0) is 15.0. The van der Waals surface area contributed by atoms with E-state index in [0.29, 0.717) is 12.8 Å². The lowest BCUT2D eigenvalue weighted by Gasteiger charge is -2.58. The first-order valence-corrected chi connectivity index (χ1v) is 6.81. The van der Waals surface area contributed by atoms with Crippen LogP contribution < -0.4 is 5.32 Å². The third-order valence-corrected chi connectivity index (χ3v) is 5.16. The van der Waals surface area contributed by atoms with Crippen molar-refractivity contribution in [1.82, 2.24) is 5.32 Å². The molecule has 1 saturated carbocycles. The van der Waals surface area contributed by atoms with Crippen LogP contribution in [0.3, 0.4) is 0 Å². The number of nitrogens with zero attached hydrogens (tertiary/aromatic N) is 3. The summed E-state index contributed by atoms with van der Waals surface area (Å²) in [5.41, 5.74) is -3.34. The predicted octanol–water partition coefficient (Wildman–Crippen LogP) is 2.52. The van der Waals surface area contributed by atoms with Gasteiger partial charge in [0.2, 0.25) is 0 Å². The molecular weight excluding hydrogens is 276 g/mol. The van der Waals surface area contributed by atoms with Crippen molar-refractivity contribution in [1.29, 1.82) is 15.8 Å². The van der Waals surface area contributed by atoms with Crippen molar-refractivity contribution >= 4 is 11.6 Å². The average Bonchev–Trinajstić information content (AvgIpc) is 2.46. The molecular formula is C14H15ClN4O. The Bertz CT molecular complexity index is 580. The molecule has 104 valence electrons. The van der Waals surface area contributed by atoms with Crippen molar-refractivity contribution in [3.63, 3.8) is 0 Å². The summed E-state index contributed by atoms with van der Waals surface area (Å²) in [7, 11) is 1.54. The van der Waals surface area contributed by atoms with E-state index < -0.39 is 16.6 Å². The van der Waals surface area contributed by atoms with E-state index in [1.165, 1.54) is 7.11 Å². The third-order valence-electron chi connectivity index (χ3n) is 4.88. The van der Waals surface area contributed by atoms with Gasteiger partial charge in [0, 0.05) is 7.11 Å². The fraction of sp³-hybridized carbons (Fsp3) is 0.643. The SMILES string of the molecule is CO[C@@]12CCCC[C@@]1(C)C(C#N)(C#N)C(C#N)=C(Cl)N2. The van der Waals surface area contributed by atoms with Crippen molar-refractivity contribution < 1.29 is 4.74 Å². The topological polar surface area (TPSA) is 92.6 Å². The van der Waals surface area contributed by atoms with Gasteiger partial charge in [0.15, 0.2) is 5.41 Å². The summed E-state index contributed by atoms with van der Waals surface area (Å²) in [4.78, 5) is 0. The summed E-state index contributed by atoms with van der Waals surface area (Å²) >= 11 is 6.14. The van der Waals surface area contributed by atoms with Gasteiger partial charge in [-0.05, 0) is 19.3 Å². The first kappa shape index (κ1) is 14.7. The normalized spacial score (nSPS) is 35.0. The molecule has 0 amide bonds. The Balaban J connectivity index is 2.81. The maximum absolute atomic E-state index is 9.68. The average molecular weight is 291 g/mol. The standard InChI is InChI=1S/C14H15ClN4O/c1-12-5-3-4-6-14(12,20-2)19-11(15)10(7-16)13(12,8-17)9-18/h19H,3-6H2,1-2H3/t12-,14-/m0/s1. The number of hydrogen-bond donors (Lipinski definition) is 1. The second-order valence-corrected chi connectivity index (χ2v) is 5.85. The van der Waals surface area contributed by atoms with Gasteiger partial charge in [0.25, 0.3) is 0 Å². The molecule has 1 aliphatic carbocycles. The molecule has 0 aromatic rings. The summed E-state index contributed by atoms with van der Waals surface area (Å²) in [6, 6.07) is 6.03. The number of ether oxygens (including phenoxy) is 1. The van der Waals surface area contributed by atoms with E-state index >= 15 is 0 Å². The quantitative estimate of drug-likeness (QED) is 0.749. The zero-order valence-electron chi connectivity index (χ0n) is 11.5. The number of nitriles is 3. The largest absolute Gasteiger partial charge is 0.358 e. The maximum Gasteiger partial charge on any atom is 0.191 e. The van der Waals surface area contributed by atoms with Crippen LogP contribution in [0.2, 0.25) is 0 Å². The van der Waals surface area contributed by atoms with Gasteiger partial charge in [-0.1, -0.05) is 24.9 Å². The van der Waals surface area contributed by atoms with E-state index in [1.807, 2.05) is 13.0 Å². The van der Waals surface area contributed by atoms with E-state index in [0.717, 1.165) is 12.8 Å². The van der Waals surface area contributed by atoms with Crippen LogP contribution >= 0.6 is 11.6 Å². The van der Waals surface area contributed by atoms with Crippen LogP contribution in [0, 0.1) is 44.8 Å². The Hall–Kier alpha value is -1.74. The smallest absolute Gasteiger partial charge is 0.191 e. The van der Waals surface area contributed by atoms with Crippen molar-refractivity contribution in [2.45, 2.75) is 38.3 Å². The molecule has 0 bridgehead atoms. The molecule has 0 aromatic carbocycles. The minimum atomic E-state index is -1.60. The number of allylic oxidation sites excluding steroid dienone is 1. The fourth-order valence-electron chi connectivity index (χ4n) is 3.60. The van der Waals surface area contributed by atoms with Gasteiger partial charge < -0.3 is 10.1 Å². The minimum absolute atomic E-state index is 0.0127. The van der Waals surface area contributed by atoms with Crippen LogP contribution in [-0.4, -0.2) is 12.8 Å². The maximum atomic E-state index is 9.68. The van der Waals surface area contributed by atoms with Crippen molar-refractivity contribution in [3.8, 4) is 18.2 Å². The van der Waals surface area contributed by atoms with Gasteiger partial charge in [-0.2, -0.15) is 15.8 Å². The molecule has 20 heavy (non-hydrogen) atoms. The van der Waals surface area contributed by atoms with Crippen molar-refractivity contribution in [3.05, 3.63) is 10.7 Å². The highest BCUT2D eigenvalue weighted by Crippen LogP contribution is 2.61. The first-order chi connectivity index (χ1) is 9.47. The third kappa shape index (κ3) is 1.44. The Morgan fingerprint density at radius 1 is 1.20 bits per heavy atom. The van der Waals surface area contributed by atoms with Gasteiger partial charge in [0.1, 0.15) is 17.0 Å². The molecule has 1 N–H and O–H groups in total. The molecule has 2 aliphatic rings.